The van der Waals surface area contributed by atoms with E-state index in [0.29, 0.717) is 33.6 Å². The molecule has 0 spiro atoms. The number of fused-ring (bicyclic) bond motifs is 1. The van der Waals surface area contributed by atoms with Crippen LogP contribution in [0.15, 0.2) is 55.0 Å². The Bertz CT molecular complexity index is 1960. The molecule has 0 unspecified atom stereocenters. The average molecular weight is 701 g/mol. The maximum absolute atomic E-state index is 13.6. The summed E-state index contributed by atoms with van der Waals surface area (Å²) < 4.78 is 15.6. The third-order valence-corrected chi connectivity index (χ3v) is 10.3. The van der Waals surface area contributed by atoms with Crippen molar-refractivity contribution in [2.75, 3.05) is 43.0 Å². The van der Waals surface area contributed by atoms with Crippen LogP contribution < -0.4 is 20.4 Å². The van der Waals surface area contributed by atoms with Gasteiger partial charge in [-0.25, -0.2) is 24.3 Å². The van der Waals surface area contributed by atoms with Gasteiger partial charge in [0.15, 0.2) is 5.13 Å². The minimum Gasteiger partial charge on any atom is -0.353 e. The molecule has 0 saturated carbocycles. The Morgan fingerprint density at radius 1 is 1.04 bits per heavy atom. The first kappa shape index (κ1) is 34.2. The van der Waals surface area contributed by atoms with Crippen LogP contribution in [0.4, 0.5) is 21.3 Å². The van der Waals surface area contributed by atoms with Gasteiger partial charge >= 0.3 is 0 Å². The van der Waals surface area contributed by atoms with Crippen molar-refractivity contribution in [3.8, 4) is 28.5 Å². The maximum atomic E-state index is 13.6. The third kappa shape index (κ3) is 7.08. The molecule has 0 radical (unpaired) electrons. The van der Waals surface area contributed by atoms with Crippen molar-refractivity contribution in [2.24, 2.45) is 5.92 Å². The lowest BCUT2D eigenvalue weighted by atomic mass is 9.95. The number of halogens is 2. The monoisotopic (exact) mass is 700 g/mol. The first-order valence-corrected chi connectivity index (χ1v) is 17.2. The van der Waals surface area contributed by atoms with Crippen molar-refractivity contribution in [1.82, 2.24) is 35.0 Å². The summed E-state index contributed by atoms with van der Waals surface area (Å²) in [5, 5.41) is 17.1. The van der Waals surface area contributed by atoms with Crippen LogP contribution >= 0.6 is 23.7 Å². The van der Waals surface area contributed by atoms with E-state index in [1.807, 2.05) is 47.1 Å². The van der Waals surface area contributed by atoms with Crippen molar-refractivity contribution < 1.29 is 9.18 Å². The van der Waals surface area contributed by atoms with E-state index in [1.54, 1.807) is 12.1 Å². The number of nitriles is 1. The van der Waals surface area contributed by atoms with Crippen LogP contribution in [0.25, 0.3) is 28.0 Å². The molecule has 49 heavy (non-hydrogen) atoms. The standard InChI is InChI=1S/C35H37FN10OS.ClH/c1-3-28-33(44(2)35-43-31(29(18-37)48-35)22-4-7-26(36)8-5-22)46-21-24(6-9-30(46)42-28)25-19-39-34(40-20-25)45-16-12-23(13-17-45)32(47)41-27-10-14-38-15-11-27;/h4-9,19-21,23,27,38H,3,10-17H2,1-2H3,(H,41,47);1H. The zero-order valence-corrected chi connectivity index (χ0v) is 29.0. The number of anilines is 3. The molecule has 0 bridgehead atoms. The van der Waals surface area contributed by atoms with Gasteiger partial charge in [0.2, 0.25) is 11.9 Å². The topological polar surface area (TPSA) is 127 Å². The van der Waals surface area contributed by atoms with E-state index in [1.165, 1.54) is 23.5 Å². The Hall–Kier alpha value is -4.64. The number of imidazole rings is 1. The number of thiazole rings is 1. The summed E-state index contributed by atoms with van der Waals surface area (Å²) in [4.78, 5) is 36.5. The van der Waals surface area contributed by atoms with Gasteiger partial charge in [0.25, 0.3) is 0 Å². The van der Waals surface area contributed by atoms with Crippen molar-refractivity contribution in [2.45, 2.75) is 45.1 Å². The Balaban J connectivity index is 0.00000417. The number of piperidine rings is 2. The summed E-state index contributed by atoms with van der Waals surface area (Å²) in [6.45, 7) is 5.47. The van der Waals surface area contributed by atoms with E-state index in [0.717, 1.165) is 80.1 Å². The van der Waals surface area contributed by atoms with E-state index in [-0.39, 0.29) is 36.1 Å². The number of pyridine rings is 1. The van der Waals surface area contributed by atoms with Gasteiger partial charge in [0.05, 0.1) is 5.69 Å². The molecular formula is C35H38ClFN10OS. The molecule has 0 aliphatic carbocycles. The van der Waals surface area contributed by atoms with Crippen LogP contribution in [0.5, 0.6) is 0 Å². The zero-order valence-electron chi connectivity index (χ0n) is 27.4. The molecule has 2 saturated heterocycles. The molecule has 14 heteroatoms. The summed E-state index contributed by atoms with van der Waals surface area (Å²) in [6, 6.07) is 12.5. The Kier molecular flexibility index (Phi) is 10.4. The fraction of sp³-hybridized carbons (Fsp3) is 0.371. The molecular weight excluding hydrogens is 663 g/mol. The predicted octanol–water partition coefficient (Wildman–Crippen LogP) is 5.76. The number of hydrogen-bond donors (Lipinski definition) is 2. The Labute approximate surface area is 294 Å². The van der Waals surface area contributed by atoms with E-state index in [9.17, 15) is 14.4 Å². The summed E-state index contributed by atoms with van der Waals surface area (Å²) in [6.07, 6.45) is 9.97. The van der Waals surface area contributed by atoms with Crippen LogP contribution in [-0.2, 0) is 11.2 Å². The average Bonchev–Trinajstić information content (AvgIpc) is 3.74. The highest BCUT2D eigenvalue weighted by atomic mass is 35.5. The largest absolute Gasteiger partial charge is 0.353 e. The number of carbonyl (C=O) groups excluding carboxylic acids is 1. The number of aromatic nitrogens is 5. The number of hydrogen-bond acceptors (Lipinski definition) is 10. The number of nitrogens with one attached hydrogen (secondary N) is 2. The minimum atomic E-state index is -0.340. The minimum absolute atomic E-state index is 0. The highest BCUT2D eigenvalue weighted by Crippen LogP contribution is 2.37. The Morgan fingerprint density at radius 2 is 1.73 bits per heavy atom. The molecule has 1 amide bonds. The summed E-state index contributed by atoms with van der Waals surface area (Å²) >= 11 is 1.29. The van der Waals surface area contributed by atoms with Crippen LogP contribution in [-0.4, -0.2) is 69.5 Å². The summed E-state index contributed by atoms with van der Waals surface area (Å²) in [7, 11) is 1.92. The number of amides is 1. The molecule has 5 aromatic rings. The number of benzene rings is 1. The lowest BCUT2D eigenvalue weighted by Gasteiger charge is -2.32. The van der Waals surface area contributed by atoms with Gasteiger partial charge in [0, 0.05) is 67.4 Å². The van der Waals surface area contributed by atoms with Gasteiger partial charge in [-0.2, -0.15) is 5.26 Å². The van der Waals surface area contributed by atoms with Gasteiger partial charge in [-0.05, 0) is 81.6 Å². The summed E-state index contributed by atoms with van der Waals surface area (Å²) in [5.41, 5.74) is 4.70. The van der Waals surface area contributed by atoms with Crippen molar-refractivity contribution in [3.05, 3.63) is 71.4 Å². The lowest BCUT2D eigenvalue weighted by Crippen LogP contribution is -2.47. The first-order chi connectivity index (χ1) is 23.4. The van der Waals surface area contributed by atoms with Gasteiger partial charge in [-0.3, -0.25) is 9.20 Å². The predicted molar refractivity (Wildman–Crippen MR) is 192 cm³/mol. The fourth-order valence-electron chi connectivity index (χ4n) is 6.53. The number of nitrogens with zero attached hydrogens (tertiary/aromatic N) is 8. The fourth-order valence-corrected chi connectivity index (χ4v) is 7.38. The van der Waals surface area contributed by atoms with Crippen LogP contribution in [0.3, 0.4) is 0 Å². The lowest BCUT2D eigenvalue weighted by molar-refractivity contribution is -0.126. The van der Waals surface area contributed by atoms with E-state index in [4.69, 9.17) is 19.9 Å². The molecule has 1 aromatic carbocycles. The second-order valence-corrected chi connectivity index (χ2v) is 13.3. The van der Waals surface area contributed by atoms with Gasteiger partial charge in [-0.15, -0.1) is 12.4 Å². The zero-order chi connectivity index (χ0) is 33.2. The normalized spacial score (nSPS) is 15.5. The molecule has 4 aromatic heterocycles. The second-order valence-electron chi connectivity index (χ2n) is 12.3. The third-order valence-electron chi connectivity index (χ3n) is 9.24. The Morgan fingerprint density at radius 3 is 2.41 bits per heavy atom. The van der Waals surface area contributed by atoms with E-state index < -0.39 is 0 Å². The molecule has 11 nitrogen and oxygen atoms in total. The highest BCUT2D eigenvalue weighted by Gasteiger charge is 2.28. The second kappa shape index (κ2) is 14.9. The van der Waals surface area contributed by atoms with Gasteiger partial charge < -0.3 is 20.4 Å². The number of rotatable bonds is 8. The van der Waals surface area contributed by atoms with Crippen LogP contribution in [0, 0.1) is 23.1 Å². The van der Waals surface area contributed by atoms with Crippen molar-refractivity contribution in [1.29, 1.82) is 5.26 Å². The van der Waals surface area contributed by atoms with E-state index >= 15 is 0 Å². The molecule has 2 aliphatic heterocycles. The highest BCUT2D eigenvalue weighted by molar-refractivity contribution is 7.16. The van der Waals surface area contributed by atoms with Gasteiger partial charge in [0.1, 0.15) is 33.9 Å². The molecule has 6 heterocycles. The van der Waals surface area contributed by atoms with Gasteiger partial charge in [-0.1, -0.05) is 18.3 Å². The number of aryl methyl sites for hydroxylation is 1. The van der Waals surface area contributed by atoms with Crippen molar-refractivity contribution in [3.63, 3.8) is 0 Å². The smallest absolute Gasteiger partial charge is 0.225 e. The molecule has 2 fully saturated rings. The van der Waals surface area contributed by atoms with Crippen molar-refractivity contribution >= 4 is 52.2 Å². The molecule has 0 atom stereocenters. The maximum Gasteiger partial charge on any atom is 0.225 e. The summed E-state index contributed by atoms with van der Waals surface area (Å²) in [5.74, 6) is 1.39. The quantitative estimate of drug-likeness (QED) is 0.208. The van der Waals surface area contributed by atoms with E-state index in [2.05, 4.69) is 28.5 Å². The van der Waals surface area contributed by atoms with Crippen LogP contribution in [0.1, 0.15) is 43.2 Å². The molecule has 2 N–H and O–H groups in total. The number of carbonyl (C=O) groups is 1. The molecule has 7 rings (SSSR count). The molecule has 254 valence electrons. The molecule has 2 aliphatic rings. The van der Waals surface area contributed by atoms with Crippen LogP contribution in [0.2, 0.25) is 0 Å². The first-order valence-electron chi connectivity index (χ1n) is 16.4. The SMILES string of the molecule is CCc1nc2ccc(-c3cnc(N4CCC(C(=O)NC5CCNCC5)CC4)nc3)cn2c1N(C)c1nc(-c2ccc(F)cc2)c(C#N)s1.Cl.